The summed E-state index contributed by atoms with van der Waals surface area (Å²) >= 11 is 0. The molecule has 4 heteroatoms. The van der Waals surface area contributed by atoms with Crippen molar-refractivity contribution in [1.82, 2.24) is 9.55 Å². The van der Waals surface area contributed by atoms with E-state index in [0.717, 1.165) is 22.2 Å². The van der Waals surface area contributed by atoms with Crippen molar-refractivity contribution in [1.29, 1.82) is 0 Å². The molecule has 1 heterocycles. The van der Waals surface area contributed by atoms with Gasteiger partial charge in [-0.15, -0.1) is 5.98 Å². The van der Waals surface area contributed by atoms with E-state index in [4.69, 9.17) is 7.85 Å². The average Bonchev–Trinajstić information content (AvgIpc) is 3.59. The topological polar surface area (TPSA) is 17.8 Å². The van der Waals surface area contributed by atoms with Gasteiger partial charge >= 0.3 is 0 Å². The zero-order chi connectivity index (χ0) is 27.5. The maximum atomic E-state index is 5.67. The minimum Gasteiger partial charge on any atom is -0.327 e. The van der Waals surface area contributed by atoms with Crippen molar-refractivity contribution in [2.45, 2.75) is 42.8 Å². The predicted molar refractivity (Wildman–Crippen MR) is 172 cm³/mol. The van der Waals surface area contributed by atoms with Gasteiger partial charge in [0.05, 0.1) is 21.0 Å². The Kier molecular flexibility index (Phi) is 9.65. The molecule has 0 amide bonds. The van der Waals surface area contributed by atoms with Crippen LogP contribution in [-0.4, -0.2) is 26.9 Å². The van der Waals surface area contributed by atoms with Crippen LogP contribution in [0.5, 0.6) is 0 Å². The maximum absolute atomic E-state index is 5.67. The first kappa shape index (κ1) is 27.7. The van der Waals surface area contributed by atoms with Crippen molar-refractivity contribution >= 4 is 22.9 Å². The zero-order valence-electron chi connectivity index (χ0n) is 23.1. The van der Waals surface area contributed by atoms with Gasteiger partial charge in [0.2, 0.25) is 0 Å². The quantitative estimate of drug-likeness (QED) is 0.194. The van der Waals surface area contributed by atoms with Gasteiger partial charge in [-0.2, -0.15) is 0 Å². The lowest BCUT2D eigenvalue weighted by atomic mass is 9.92. The fraction of sp³-hybridized carbons (Fsp3) is 0.194. The summed E-state index contributed by atoms with van der Waals surface area (Å²) in [4.78, 5) is 4.42. The Hall–Kier alpha value is -3.89. The molecule has 2 nitrogen and oxygen atoms in total. The highest BCUT2D eigenvalue weighted by Gasteiger charge is 2.38. The molecule has 0 aliphatic heterocycles. The molecule has 0 bridgehead atoms. The zero-order valence-corrected chi connectivity index (χ0v) is 24.6. The molecule has 198 valence electrons. The van der Waals surface area contributed by atoms with Crippen molar-refractivity contribution in [3.8, 4) is 0 Å². The fourth-order valence-electron chi connectivity index (χ4n) is 6.12. The number of rotatable bonds is 7. The summed E-state index contributed by atoms with van der Waals surface area (Å²) in [5.41, 5.74) is 7.08. The second kappa shape index (κ2) is 14.0. The molecular weight excluding hydrogens is 499 g/mol. The van der Waals surface area contributed by atoms with Crippen molar-refractivity contribution in [3.05, 3.63) is 168 Å². The molecule has 0 unspecified atom stereocenters. The lowest BCUT2D eigenvalue weighted by molar-refractivity contribution is 0.482. The van der Waals surface area contributed by atoms with Gasteiger partial charge in [0.15, 0.2) is 0 Å². The van der Waals surface area contributed by atoms with Crippen molar-refractivity contribution in [2.24, 2.45) is 0 Å². The van der Waals surface area contributed by atoms with Gasteiger partial charge in [0.25, 0.3) is 0 Å². The summed E-state index contributed by atoms with van der Waals surface area (Å²) in [5, 5.41) is -0.0406. The van der Waals surface area contributed by atoms with Gasteiger partial charge in [0, 0.05) is 12.4 Å². The third kappa shape index (κ3) is 6.46. The van der Waals surface area contributed by atoms with Crippen molar-refractivity contribution < 1.29 is 0 Å². The van der Waals surface area contributed by atoms with Crippen LogP contribution < -0.4 is 0 Å². The minimum absolute atomic E-state index is 0.0406. The summed E-state index contributed by atoms with van der Waals surface area (Å²) in [5.74, 6) is 1.66. The molecule has 0 atom stereocenters. The Balaban J connectivity index is 0.000000184. The normalized spacial score (nSPS) is 13.9. The molecule has 1 aliphatic rings. The molecule has 1 fully saturated rings. The van der Waals surface area contributed by atoms with Crippen LogP contribution in [0.3, 0.4) is 0 Å². The second-order valence-electron chi connectivity index (χ2n) is 10.6. The Morgan fingerprint density at radius 1 is 0.700 bits per heavy atom. The molecule has 0 saturated heterocycles. The van der Waals surface area contributed by atoms with Gasteiger partial charge in [-0.3, -0.25) is 0 Å². The van der Waals surface area contributed by atoms with Crippen LogP contribution in [0.4, 0.5) is 0 Å². The summed E-state index contributed by atoms with van der Waals surface area (Å²) in [7, 11) is 5.20. The summed E-state index contributed by atoms with van der Waals surface area (Å²) < 4.78 is 2.39. The van der Waals surface area contributed by atoms with Gasteiger partial charge in [-0.25, -0.2) is 4.98 Å². The molecule has 4 aromatic carbocycles. The summed E-state index contributed by atoms with van der Waals surface area (Å²) in [6, 6.07) is 42.5. The monoisotopic (exact) mass is 536 g/mol. The van der Waals surface area contributed by atoms with Crippen molar-refractivity contribution in [2.75, 3.05) is 0 Å². The van der Waals surface area contributed by atoms with Crippen LogP contribution in [0.15, 0.2) is 146 Å². The lowest BCUT2D eigenvalue weighted by Gasteiger charge is -2.40. The molecule has 5 aromatic rings. The van der Waals surface area contributed by atoms with Crippen LogP contribution in [-0.2, 0) is 5.16 Å². The molecule has 0 spiro atoms. The van der Waals surface area contributed by atoms with E-state index < -0.39 is 9.52 Å². The maximum Gasteiger partial charge on any atom is 0.103 e. The van der Waals surface area contributed by atoms with Crippen LogP contribution in [0.25, 0.3) is 5.57 Å². The van der Waals surface area contributed by atoms with E-state index in [1.54, 1.807) is 5.98 Å². The number of benzene rings is 4. The number of imidazole rings is 1. The minimum atomic E-state index is -0.470. The van der Waals surface area contributed by atoms with Crippen LogP contribution in [0.2, 0.25) is 5.54 Å². The Morgan fingerprint density at radius 2 is 1.18 bits per heavy atom. The largest absolute Gasteiger partial charge is 0.327 e. The molecule has 0 N–H and O–H groups in total. The highest BCUT2D eigenvalue weighted by atomic mass is 28.2. The van der Waals surface area contributed by atoms with Crippen LogP contribution in [0, 0.1) is 0 Å². The molecule has 1 saturated carbocycles. The van der Waals surface area contributed by atoms with Crippen LogP contribution >= 0.6 is 0 Å². The average molecular weight is 537 g/mol. The predicted octanol–water partition coefficient (Wildman–Crippen LogP) is 7.80. The standard InChI is InChI=1S/C22H26N2Si.C14H11B/c1-4-10-19(11-5-1)22(24-17-16-23-18-24,20-12-6-2-7-13-20)25-21-14-8-3-9-15-21;15-11-14(12-7-3-1-4-8-12)13-9-5-2-6-10-13/h1-2,4-7,10-13,16-18,21H,3,8-9,14-15,25H2;1-11H. The first-order valence-electron chi connectivity index (χ1n) is 14.4. The van der Waals surface area contributed by atoms with Gasteiger partial charge < -0.3 is 4.57 Å². The fourth-order valence-corrected chi connectivity index (χ4v) is 9.28. The smallest absolute Gasteiger partial charge is 0.103 e. The van der Waals surface area contributed by atoms with E-state index in [1.165, 1.54) is 43.2 Å². The van der Waals surface area contributed by atoms with E-state index >= 15 is 0 Å². The number of aromatic nitrogens is 2. The third-order valence-electron chi connectivity index (χ3n) is 8.09. The van der Waals surface area contributed by atoms with Crippen LogP contribution in [0.1, 0.15) is 54.4 Å². The van der Waals surface area contributed by atoms with Gasteiger partial charge in [-0.05, 0) is 33.4 Å². The summed E-state index contributed by atoms with van der Waals surface area (Å²) in [6.45, 7) is 0. The number of nitrogens with zero attached hydrogens (tertiary/aromatic N) is 2. The molecule has 40 heavy (non-hydrogen) atoms. The van der Waals surface area contributed by atoms with E-state index in [0.29, 0.717) is 0 Å². The van der Waals surface area contributed by atoms with E-state index in [1.807, 2.05) is 48.9 Å². The highest BCUT2D eigenvalue weighted by molar-refractivity contribution is 6.43. The van der Waals surface area contributed by atoms with Gasteiger partial charge in [0.1, 0.15) is 7.85 Å². The van der Waals surface area contributed by atoms with Gasteiger partial charge in [-0.1, -0.05) is 153 Å². The van der Waals surface area contributed by atoms with E-state index in [2.05, 4.69) is 101 Å². The second-order valence-corrected chi connectivity index (χ2v) is 13.2. The highest BCUT2D eigenvalue weighted by Crippen LogP contribution is 2.40. The first-order valence-corrected chi connectivity index (χ1v) is 16.0. The molecular formula is C36H37BN2Si. The number of hydrogen-bond donors (Lipinski definition) is 0. The number of hydrogen-bond acceptors (Lipinski definition) is 1. The first-order chi connectivity index (χ1) is 19.8. The van der Waals surface area contributed by atoms with E-state index in [-0.39, 0.29) is 5.16 Å². The lowest BCUT2D eigenvalue weighted by Crippen LogP contribution is -2.43. The summed E-state index contributed by atoms with van der Waals surface area (Å²) in [6.07, 6.45) is 13.1. The SMILES string of the molecule is [B]C=C(c1ccccc1)c1ccccc1.c1ccc(C([SiH2]C2CCCCC2)(c2ccccc2)n2ccnc2)cc1. The molecule has 1 aromatic heterocycles. The van der Waals surface area contributed by atoms with E-state index in [9.17, 15) is 0 Å². The molecule has 1 aliphatic carbocycles. The third-order valence-corrected chi connectivity index (χ3v) is 11.3. The Labute approximate surface area is 243 Å². The Bertz CT molecular complexity index is 1350. The molecule has 6 rings (SSSR count). The van der Waals surface area contributed by atoms with Crippen molar-refractivity contribution in [3.63, 3.8) is 0 Å². The Morgan fingerprint density at radius 3 is 1.60 bits per heavy atom. The molecule has 2 radical (unpaired) electrons.